The van der Waals surface area contributed by atoms with Crippen LogP contribution in [0.2, 0.25) is 0 Å². The third-order valence-corrected chi connectivity index (χ3v) is 4.80. The second-order valence-electron chi connectivity index (χ2n) is 6.35. The highest BCUT2D eigenvalue weighted by molar-refractivity contribution is 5.19. The van der Waals surface area contributed by atoms with Gasteiger partial charge in [-0.25, -0.2) is 0 Å². The monoisotopic (exact) mass is 260 g/mol. The van der Waals surface area contributed by atoms with E-state index in [1.807, 2.05) is 0 Å². The van der Waals surface area contributed by atoms with Gasteiger partial charge in [-0.15, -0.1) is 0 Å². The fourth-order valence-electron chi connectivity index (χ4n) is 3.19. The van der Waals surface area contributed by atoms with Crippen molar-refractivity contribution in [2.75, 3.05) is 19.6 Å². The molecule has 2 heteroatoms. The molecule has 1 fully saturated rings. The van der Waals surface area contributed by atoms with Crippen LogP contribution in [0.1, 0.15) is 38.7 Å². The molecule has 1 aromatic carbocycles. The van der Waals surface area contributed by atoms with E-state index in [1.165, 1.54) is 25.1 Å². The van der Waals surface area contributed by atoms with Crippen molar-refractivity contribution >= 4 is 0 Å². The second kappa shape index (κ2) is 6.53. The maximum Gasteiger partial charge on any atom is 0.0224 e. The highest BCUT2D eigenvalue weighted by Crippen LogP contribution is 2.28. The van der Waals surface area contributed by atoms with E-state index in [0.29, 0.717) is 12.0 Å². The molecule has 1 aromatic rings. The van der Waals surface area contributed by atoms with Crippen molar-refractivity contribution in [3.05, 3.63) is 35.9 Å². The van der Waals surface area contributed by atoms with E-state index in [2.05, 4.69) is 56.0 Å². The van der Waals surface area contributed by atoms with Crippen molar-refractivity contribution in [2.45, 2.75) is 39.2 Å². The van der Waals surface area contributed by atoms with Crippen molar-refractivity contribution in [3.63, 3.8) is 0 Å². The number of likely N-dealkylation sites (tertiary alicyclic amines) is 1. The Kier molecular flexibility index (Phi) is 5.00. The average molecular weight is 260 g/mol. The fraction of sp³-hybridized carbons (Fsp3) is 0.647. The normalized spacial score (nSPS) is 27.4. The highest BCUT2D eigenvalue weighted by atomic mass is 15.2. The molecular weight excluding hydrogens is 232 g/mol. The average Bonchev–Trinajstić information content (AvgIpc) is 2.76. The van der Waals surface area contributed by atoms with Crippen molar-refractivity contribution in [3.8, 4) is 0 Å². The molecule has 1 saturated heterocycles. The lowest BCUT2D eigenvalue weighted by Gasteiger charge is -2.29. The van der Waals surface area contributed by atoms with Gasteiger partial charge in [0.15, 0.2) is 0 Å². The summed E-state index contributed by atoms with van der Waals surface area (Å²) in [6.45, 7) is 10.2. The van der Waals surface area contributed by atoms with Gasteiger partial charge in [-0.3, -0.25) is 4.90 Å². The topological polar surface area (TPSA) is 29.3 Å². The molecule has 0 amide bonds. The molecule has 1 aliphatic heterocycles. The lowest BCUT2D eigenvalue weighted by molar-refractivity contribution is 0.218. The molecule has 0 aromatic heterocycles. The SMILES string of the molecule is CC(CC(CN)N1CC(C)C(C)C1)c1ccccc1. The van der Waals surface area contributed by atoms with Crippen molar-refractivity contribution < 1.29 is 0 Å². The maximum absolute atomic E-state index is 6.03. The van der Waals surface area contributed by atoms with Crippen molar-refractivity contribution in [1.29, 1.82) is 0 Å². The fourth-order valence-corrected chi connectivity index (χ4v) is 3.19. The van der Waals surface area contributed by atoms with Gasteiger partial charge in [0.05, 0.1) is 0 Å². The molecule has 4 unspecified atom stereocenters. The number of hydrogen-bond donors (Lipinski definition) is 1. The van der Waals surface area contributed by atoms with Gasteiger partial charge in [0.1, 0.15) is 0 Å². The summed E-state index contributed by atoms with van der Waals surface area (Å²) in [6.07, 6.45) is 1.17. The minimum absolute atomic E-state index is 0.530. The molecular formula is C17H28N2. The maximum atomic E-state index is 6.03. The quantitative estimate of drug-likeness (QED) is 0.881. The summed E-state index contributed by atoms with van der Waals surface area (Å²) in [5.41, 5.74) is 7.46. The molecule has 1 aliphatic rings. The summed E-state index contributed by atoms with van der Waals surface area (Å²) in [5, 5.41) is 0. The van der Waals surface area contributed by atoms with E-state index in [1.54, 1.807) is 0 Å². The van der Waals surface area contributed by atoms with Gasteiger partial charge >= 0.3 is 0 Å². The Morgan fingerprint density at radius 2 is 1.74 bits per heavy atom. The van der Waals surface area contributed by atoms with Crippen LogP contribution in [0, 0.1) is 11.8 Å². The van der Waals surface area contributed by atoms with Gasteiger partial charge in [-0.1, -0.05) is 51.1 Å². The van der Waals surface area contributed by atoms with Gasteiger partial charge in [0.2, 0.25) is 0 Å². The molecule has 1 heterocycles. The second-order valence-corrected chi connectivity index (χ2v) is 6.35. The number of nitrogens with two attached hydrogens (primary N) is 1. The molecule has 2 rings (SSSR count). The van der Waals surface area contributed by atoms with Crippen LogP contribution >= 0.6 is 0 Å². The third-order valence-electron chi connectivity index (χ3n) is 4.80. The predicted molar refractivity (Wildman–Crippen MR) is 82.2 cm³/mol. The summed E-state index contributed by atoms with van der Waals surface area (Å²) < 4.78 is 0. The predicted octanol–water partition coefficient (Wildman–Crippen LogP) is 3.10. The van der Waals surface area contributed by atoms with Gasteiger partial charge < -0.3 is 5.73 Å². The Balaban J connectivity index is 1.96. The van der Waals surface area contributed by atoms with Crippen LogP contribution in [0.4, 0.5) is 0 Å². The van der Waals surface area contributed by atoms with Crippen LogP contribution in [-0.4, -0.2) is 30.6 Å². The molecule has 2 N–H and O–H groups in total. The first-order valence-corrected chi connectivity index (χ1v) is 7.60. The van der Waals surface area contributed by atoms with E-state index in [4.69, 9.17) is 5.73 Å². The van der Waals surface area contributed by atoms with Crippen LogP contribution < -0.4 is 5.73 Å². The molecule has 19 heavy (non-hydrogen) atoms. The lowest BCUT2D eigenvalue weighted by atomic mass is 9.93. The van der Waals surface area contributed by atoms with E-state index < -0.39 is 0 Å². The van der Waals surface area contributed by atoms with Gasteiger partial charge in [-0.05, 0) is 29.7 Å². The van der Waals surface area contributed by atoms with Crippen molar-refractivity contribution in [1.82, 2.24) is 4.90 Å². The molecule has 4 atom stereocenters. The number of hydrogen-bond acceptors (Lipinski definition) is 2. The lowest BCUT2D eigenvalue weighted by Crippen LogP contribution is -2.40. The van der Waals surface area contributed by atoms with Gasteiger partial charge in [0, 0.05) is 25.7 Å². The van der Waals surface area contributed by atoms with Crippen LogP contribution in [0.5, 0.6) is 0 Å². The largest absolute Gasteiger partial charge is 0.329 e. The molecule has 0 aliphatic carbocycles. The Bertz CT molecular complexity index is 366. The van der Waals surface area contributed by atoms with E-state index >= 15 is 0 Å². The van der Waals surface area contributed by atoms with Gasteiger partial charge in [-0.2, -0.15) is 0 Å². The van der Waals surface area contributed by atoms with Gasteiger partial charge in [0.25, 0.3) is 0 Å². The summed E-state index contributed by atoms with van der Waals surface area (Å²) in [7, 11) is 0. The summed E-state index contributed by atoms with van der Waals surface area (Å²) in [6, 6.07) is 11.3. The molecule has 0 saturated carbocycles. The minimum atomic E-state index is 0.530. The molecule has 0 bridgehead atoms. The summed E-state index contributed by atoms with van der Waals surface area (Å²) in [4.78, 5) is 2.61. The smallest absolute Gasteiger partial charge is 0.0224 e. The standard InChI is InChI=1S/C17H28N2/c1-13(16-7-5-4-6-8-16)9-17(10-18)19-11-14(2)15(3)12-19/h4-8,13-15,17H,9-12,18H2,1-3H3. The third kappa shape index (κ3) is 3.58. The first kappa shape index (κ1) is 14.5. The Morgan fingerprint density at radius 3 is 2.26 bits per heavy atom. The van der Waals surface area contributed by atoms with Crippen LogP contribution in [0.15, 0.2) is 30.3 Å². The van der Waals surface area contributed by atoms with E-state index in [0.717, 1.165) is 18.4 Å². The van der Waals surface area contributed by atoms with E-state index in [9.17, 15) is 0 Å². The zero-order valence-electron chi connectivity index (χ0n) is 12.5. The zero-order valence-corrected chi connectivity index (χ0v) is 12.5. The first-order chi connectivity index (χ1) is 9.11. The minimum Gasteiger partial charge on any atom is -0.329 e. The highest BCUT2D eigenvalue weighted by Gasteiger charge is 2.31. The first-order valence-electron chi connectivity index (χ1n) is 7.60. The Hall–Kier alpha value is -0.860. The summed E-state index contributed by atoms with van der Waals surface area (Å²) in [5.74, 6) is 2.20. The Morgan fingerprint density at radius 1 is 1.16 bits per heavy atom. The van der Waals surface area contributed by atoms with Crippen LogP contribution in [0.3, 0.4) is 0 Å². The summed E-state index contributed by atoms with van der Waals surface area (Å²) >= 11 is 0. The van der Waals surface area contributed by atoms with E-state index in [-0.39, 0.29) is 0 Å². The number of benzene rings is 1. The molecule has 0 radical (unpaired) electrons. The molecule has 0 spiro atoms. The molecule has 2 nitrogen and oxygen atoms in total. The number of nitrogens with zero attached hydrogens (tertiary/aromatic N) is 1. The Labute approximate surface area is 118 Å². The zero-order chi connectivity index (χ0) is 13.8. The molecule has 106 valence electrons. The van der Waals surface area contributed by atoms with Crippen LogP contribution in [0.25, 0.3) is 0 Å². The number of rotatable bonds is 5. The van der Waals surface area contributed by atoms with Crippen molar-refractivity contribution in [2.24, 2.45) is 17.6 Å². The van der Waals surface area contributed by atoms with Crippen LogP contribution in [-0.2, 0) is 0 Å².